The molecular weight excluding hydrogens is 212 g/mol. The maximum atomic E-state index is 11.7. The fourth-order valence-electron chi connectivity index (χ4n) is 2.25. The van der Waals surface area contributed by atoms with Crippen molar-refractivity contribution in [3.8, 4) is 0 Å². The molecule has 1 rings (SSSR count). The molecule has 1 aromatic carbocycles. The molecule has 0 spiro atoms. The van der Waals surface area contributed by atoms with E-state index in [4.69, 9.17) is 5.73 Å². The van der Waals surface area contributed by atoms with Gasteiger partial charge in [0.25, 0.3) is 0 Å². The van der Waals surface area contributed by atoms with E-state index < -0.39 is 0 Å². The Labute approximate surface area is 104 Å². The predicted molar refractivity (Wildman–Crippen MR) is 70.9 cm³/mol. The van der Waals surface area contributed by atoms with Gasteiger partial charge in [0.1, 0.15) is 0 Å². The van der Waals surface area contributed by atoms with Crippen molar-refractivity contribution in [2.45, 2.75) is 33.2 Å². The molecule has 1 aromatic rings. The van der Waals surface area contributed by atoms with Gasteiger partial charge in [0, 0.05) is 26.6 Å². The molecule has 0 aliphatic rings. The van der Waals surface area contributed by atoms with Gasteiger partial charge in [0.2, 0.25) is 5.91 Å². The molecule has 94 valence electrons. The maximum absolute atomic E-state index is 11.7. The van der Waals surface area contributed by atoms with Gasteiger partial charge in [0.15, 0.2) is 0 Å². The van der Waals surface area contributed by atoms with E-state index in [-0.39, 0.29) is 11.9 Å². The van der Waals surface area contributed by atoms with Gasteiger partial charge in [-0.2, -0.15) is 0 Å². The predicted octanol–water partition coefficient (Wildman–Crippen LogP) is 2.09. The first kappa shape index (κ1) is 13.7. The van der Waals surface area contributed by atoms with Crippen LogP contribution in [0.2, 0.25) is 0 Å². The molecule has 2 N–H and O–H groups in total. The minimum Gasteiger partial charge on any atom is -0.349 e. The fraction of sp³-hybridized carbons (Fsp3) is 0.500. The van der Waals surface area contributed by atoms with Crippen LogP contribution in [0.5, 0.6) is 0 Å². The van der Waals surface area contributed by atoms with Crippen LogP contribution in [0.4, 0.5) is 0 Å². The lowest BCUT2D eigenvalue weighted by atomic mass is 9.92. The minimum absolute atomic E-state index is 0.0666. The third kappa shape index (κ3) is 3.30. The van der Waals surface area contributed by atoms with Crippen LogP contribution in [-0.2, 0) is 4.79 Å². The summed E-state index contributed by atoms with van der Waals surface area (Å²) < 4.78 is 0. The van der Waals surface area contributed by atoms with Crippen molar-refractivity contribution in [1.29, 1.82) is 0 Å². The summed E-state index contributed by atoms with van der Waals surface area (Å²) in [7, 11) is 3.51. The molecule has 0 aromatic heterocycles. The van der Waals surface area contributed by atoms with E-state index in [0.29, 0.717) is 6.42 Å². The Bertz CT molecular complexity index is 401. The lowest BCUT2D eigenvalue weighted by Crippen LogP contribution is -2.27. The van der Waals surface area contributed by atoms with Gasteiger partial charge in [0.05, 0.1) is 0 Å². The molecule has 0 radical (unpaired) electrons. The fourth-order valence-corrected chi connectivity index (χ4v) is 2.25. The molecule has 0 fully saturated rings. The Kier molecular flexibility index (Phi) is 4.29. The van der Waals surface area contributed by atoms with Crippen molar-refractivity contribution < 1.29 is 4.79 Å². The standard InChI is InChI=1S/C14H22N2O/c1-9-6-10(2)14(11(3)7-9)12(15)8-13(17)16(4)5/h6-7,12H,8,15H2,1-5H3. The molecular formula is C14H22N2O. The Hall–Kier alpha value is -1.35. The molecule has 0 aliphatic carbocycles. The molecule has 1 atom stereocenters. The van der Waals surface area contributed by atoms with Crippen LogP contribution in [0.25, 0.3) is 0 Å². The van der Waals surface area contributed by atoms with Crippen molar-refractivity contribution in [2.24, 2.45) is 5.73 Å². The zero-order chi connectivity index (χ0) is 13.2. The summed E-state index contributed by atoms with van der Waals surface area (Å²) >= 11 is 0. The van der Waals surface area contributed by atoms with Gasteiger partial charge in [-0.15, -0.1) is 0 Å². The number of carbonyl (C=O) groups excluding carboxylic acids is 1. The lowest BCUT2D eigenvalue weighted by molar-refractivity contribution is -0.129. The molecule has 1 unspecified atom stereocenters. The van der Waals surface area contributed by atoms with Crippen LogP contribution < -0.4 is 5.73 Å². The van der Waals surface area contributed by atoms with Gasteiger partial charge in [-0.3, -0.25) is 4.79 Å². The highest BCUT2D eigenvalue weighted by Gasteiger charge is 2.17. The second-order valence-electron chi connectivity index (χ2n) is 4.91. The van der Waals surface area contributed by atoms with Gasteiger partial charge in [-0.05, 0) is 37.5 Å². The number of amides is 1. The number of aryl methyl sites for hydroxylation is 3. The van der Waals surface area contributed by atoms with Gasteiger partial charge in [-0.25, -0.2) is 0 Å². The zero-order valence-electron chi connectivity index (χ0n) is 11.4. The Morgan fingerprint density at radius 2 is 1.71 bits per heavy atom. The molecule has 1 amide bonds. The van der Waals surface area contributed by atoms with Gasteiger partial charge in [-0.1, -0.05) is 17.7 Å². The highest BCUT2D eigenvalue weighted by atomic mass is 16.2. The molecule has 0 bridgehead atoms. The molecule has 0 saturated heterocycles. The van der Waals surface area contributed by atoms with Crippen molar-refractivity contribution >= 4 is 5.91 Å². The average Bonchev–Trinajstić information content (AvgIpc) is 2.15. The number of nitrogens with zero attached hydrogens (tertiary/aromatic N) is 1. The highest BCUT2D eigenvalue weighted by molar-refractivity contribution is 5.76. The lowest BCUT2D eigenvalue weighted by Gasteiger charge is -2.19. The van der Waals surface area contributed by atoms with E-state index in [1.54, 1.807) is 19.0 Å². The largest absolute Gasteiger partial charge is 0.349 e. The minimum atomic E-state index is -0.217. The first-order chi connectivity index (χ1) is 7.82. The molecule has 0 heterocycles. The summed E-state index contributed by atoms with van der Waals surface area (Å²) in [6.45, 7) is 6.17. The van der Waals surface area contributed by atoms with Crippen molar-refractivity contribution in [3.63, 3.8) is 0 Å². The second kappa shape index (κ2) is 5.32. The molecule has 3 nitrogen and oxygen atoms in total. The molecule has 0 aliphatic heterocycles. The van der Waals surface area contributed by atoms with Crippen LogP contribution in [0.1, 0.15) is 34.7 Å². The number of nitrogens with two attached hydrogens (primary N) is 1. The monoisotopic (exact) mass is 234 g/mol. The average molecular weight is 234 g/mol. The van der Waals surface area contributed by atoms with E-state index in [9.17, 15) is 4.79 Å². The van der Waals surface area contributed by atoms with Crippen LogP contribution in [0.3, 0.4) is 0 Å². The van der Waals surface area contributed by atoms with E-state index >= 15 is 0 Å². The number of rotatable bonds is 3. The van der Waals surface area contributed by atoms with Crippen LogP contribution >= 0.6 is 0 Å². The number of hydrogen-bond acceptors (Lipinski definition) is 2. The Balaban J connectivity index is 2.97. The van der Waals surface area contributed by atoms with Gasteiger partial charge < -0.3 is 10.6 Å². The summed E-state index contributed by atoms with van der Waals surface area (Å²) in [4.78, 5) is 13.2. The smallest absolute Gasteiger partial charge is 0.223 e. The Morgan fingerprint density at radius 3 is 2.12 bits per heavy atom. The second-order valence-corrected chi connectivity index (χ2v) is 4.91. The quantitative estimate of drug-likeness (QED) is 0.870. The zero-order valence-corrected chi connectivity index (χ0v) is 11.4. The van der Waals surface area contributed by atoms with Gasteiger partial charge >= 0.3 is 0 Å². The van der Waals surface area contributed by atoms with Crippen LogP contribution in [0, 0.1) is 20.8 Å². The third-order valence-electron chi connectivity index (χ3n) is 3.00. The normalized spacial score (nSPS) is 12.4. The summed E-state index contributed by atoms with van der Waals surface area (Å²) in [6.07, 6.45) is 0.359. The molecule has 0 saturated carbocycles. The van der Waals surface area contributed by atoms with Crippen molar-refractivity contribution in [3.05, 3.63) is 34.4 Å². The summed E-state index contributed by atoms with van der Waals surface area (Å²) in [5.41, 5.74) is 10.8. The molecule has 17 heavy (non-hydrogen) atoms. The summed E-state index contributed by atoms with van der Waals surface area (Å²) in [5, 5.41) is 0. The maximum Gasteiger partial charge on any atom is 0.223 e. The van der Waals surface area contributed by atoms with Crippen molar-refractivity contribution in [1.82, 2.24) is 4.90 Å². The SMILES string of the molecule is Cc1cc(C)c(C(N)CC(=O)N(C)C)c(C)c1. The van der Waals surface area contributed by atoms with E-state index in [0.717, 1.165) is 5.56 Å². The molecule has 3 heteroatoms. The highest BCUT2D eigenvalue weighted by Crippen LogP contribution is 2.24. The first-order valence-corrected chi connectivity index (χ1v) is 5.86. The van der Waals surface area contributed by atoms with E-state index in [2.05, 4.69) is 32.9 Å². The summed E-state index contributed by atoms with van der Waals surface area (Å²) in [5.74, 6) is 0.0666. The first-order valence-electron chi connectivity index (χ1n) is 5.86. The van der Waals surface area contributed by atoms with Crippen LogP contribution in [0.15, 0.2) is 12.1 Å². The van der Waals surface area contributed by atoms with Crippen molar-refractivity contribution in [2.75, 3.05) is 14.1 Å². The topological polar surface area (TPSA) is 46.3 Å². The van der Waals surface area contributed by atoms with E-state index in [1.165, 1.54) is 16.7 Å². The number of benzene rings is 1. The summed E-state index contributed by atoms with van der Waals surface area (Å²) in [6, 6.07) is 4.01. The van der Waals surface area contributed by atoms with E-state index in [1.807, 2.05) is 0 Å². The number of carbonyl (C=O) groups is 1. The van der Waals surface area contributed by atoms with Crippen LogP contribution in [-0.4, -0.2) is 24.9 Å². The third-order valence-corrected chi connectivity index (χ3v) is 3.00. The Morgan fingerprint density at radius 1 is 1.24 bits per heavy atom. The number of hydrogen-bond donors (Lipinski definition) is 1.